The first-order valence-corrected chi connectivity index (χ1v) is 5.82. The van der Waals surface area contributed by atoms with Gasteiger partial charge in [0.2, 0.25) is 0 Å². The van der Waals surface area contributed by atoms with E-state index in [0.717, 1.165) is 5.56 Å². The number of carbonyl (C=O) groups excluding carboxylic acids is 1. The summed E-state index contributed by atoms with van der Waals surface area (Å²) in [4.78, 5) is 11.9. The summed E-state index contributed by atoms with van der Waals surface area (Å²) in [5.74, 6) is -0.195. The first-order valence-electron chi connectivity index (χ1n) is 5.82. The van der Waals surface area contributed by atoms with Crippen LogP contribution in [0.1, 0.15) is 12.5 Å². The Balaban J connectivity index is 2.55. The van der Waals surface area contributed by atoms with Crippen LogP contribution in [0.5, 0.6) is 0 Å². The predicted molar refractivity (Wildman–Crippen MR) is 71.5 cm³/mol. The summed E-state index contributed by atoms with van der Waals surface area (Å²) in [5.41, 5.74) is 7.96. The number of hydrogen-bond donors (Lipinski definition) is 2. The molecular formula is C13H20N2O3. The van der Waals surface area contributed by atoms with Gasteiger partial charge in [-0.3, -0.25) is 4.79 Å². The fraction of sp³-hybridized carbons (Fsp3) is 0.462. The number of aryl methyl sites for hydroxylation is 1. The van der Waals surface area contributed by atoms with Crippen LogP contribution in [0, 0.1) is 6.92 Å². The Labute approximate surface area is 107 Å². The molecule has 18 heavy (non-hydrogen) atoms. The fourth-order valence-electron chi connectivity index (χ4n) is 1.39. The number of methoxy groups -OCH3 is 1. The summed E-state index contributed by atoms with van der Waals surface area (Å²) in [6, 6.07) is 5.39. The highest BCUT2D eigenvalue weighted by Crippen LogP contribution is 2.18. The number of nitrogens with two attached hydrogens (primary N) is 1. The predicted octanol–water partition coefficient (Wildman–Crippen LogP) is 1.57. The quantitative estimate of drug-likeness (QED) is 0.595. The average Bonchev–Trinajstić information content (AvgIpc) is 2.34. The topological polar surface area (TPSA) is 73.6 Å². The van der Waals surface area contributed by atoms with Crippen LogP contribution in [0.3, 0.4) is 0 Å². The summed E-state index contributed by atoms with van der Waals surface area (Å²) >= 11 is 0. The van der Waals surface area contributed by atoms with Gasteiger partial charge in [0.1, 0.15) is 6.10 Å². The van der Waals surface area contributed by atoms with Crippen LogP contribution in [0.15, 0.2) is 18.2 Å². The molecule has 0 aliphatic rings. The van der Waals surface area contributed by atoms with Crippen molar-refractivity contribution in [3.05, 3.63) is 23.8 Å². The molecule has 0 spiro atoms. The van der Waals surface area contributed by atoms with E-state index in [-0.39, 0.29) is 5.91 Å². The van der Waals surface area contributed by atoms with Crippen molar-refractivity contribution >= 4 is 17.3 Å². The molecule has 0 fully saturated rings. The minimum Gasteiger partial charge on any atom is -0.399 e. The van der Waals surface area contributed by atoms with Gasteiger partial charge in [-0.05, 0) is 31.5 Å². The molecule has 0 radical (unpaired) electrons. The van der Waals surface area contributed by atoms with Crippen molar-refractivity contribution in [2.24, 2.45) is 0 Å². The van der Waals surface area contributed by atoms with Crippen LogP contribution in [-0.4, -0.2) is 32.3 Å². The maximum atomic E-state index is 11.9. The Morgan fingerprint density at radius 1 is 1.44 bits per heavy atom. The van der Waals surface area contributed by atoms with E-state index in [1.807, 2.05) is 13.0 Å². The molecule has 1 aromatic rings. The van der Waals surface area contributed by atoms with E-state index >= 15 is 0 Å². The lowest BCUT2D eigenvalue weighted by Crippen LogP contribution is -2.29. The SMILES string of the molecule is COCCOC(C)C(=O)Nc1cc(N)ccc1C. The summed E-state index contributed by atoms with van der Waals surface area (Å²) in [6.45, 7) is 4.47. The van der Waals surface area contributed by atoms with Gasteiger partial charge in [0.25, 0.3) is 5.91 Å². The van der Waals surface area contributed by atoms with E-state index < -0.39 is 6.10 Å². The minimum absolute atomic E-state index is 0.195. The Kier molecular flexibility index (Phi) is 5.61. The van der Waals surface area contributed by atoms with Gasteiger partial charge in [0.15, 0.2) is 0 Å². The number of amides is 1. The van der Waals surface area contributed by atoms with Crippen molar-refractivity contribution in [3.8, 4) is 0 Å². The molecule has 1 atom stereocenters. The average molecular weight is 252 g/mol. The molecule has 0 aliphatic heterocycles. The van der Waals surface area contributed by atoms with Crippen molar-refractivity contribution in [2.45, 2.75) is 20.0 Å². The molecule has 0 saturated heterocycles. The summed E-state index contributed by atoms with van der Waals surface area (Å²) < 4.78 is 10.2. The molecule has 100 valence electrons. The van der Waals surface area contributed by atoms with E-state index in [0.29, 0.717) is 24.6 Å². The highest BCUT2D eigenvalue weighted by atomic mass is 16.5. The monoisotopic (exact) mass is 252 g/mol. The van der Waals surface area contributed by atoms with Gasteiger partial charge in [-0.15, -0.1) is 0 Å². The lowest BCUT2D eigenvalue weighted by Gasteiger charge is -2.14. The minimum atomic E-state index is -0.527. The second kappa shape index (κ2) is 6.98. The number of rotatable bonds is 6. The van der Waals surface area contributed by atoms with Crippen LogP contribution in [0.25, 0.3) is 0 Å². The van der Waals surface area contributed by atoms with Gasteiger partial charge in [-0.2, -0.15) is 0 Å². The van der Waals surface area contributed by atoms with Gasteiger partial charge in [-0.1, -0.05) is 6.07 Å². The van der Waals surface area contributed by atoms with Crippen molar-refractivity contribution in [2.75, 3.05) is 31.4 Å². The molecule has 5 heteroatoms. The third-order valence-corrected chi connectivity index (χ3v) is 2.54. The first kappa shape index (κ1) is 14.5. The summed E-state index contributed by atoms with van der Waals surface area (Å²) in [5, 5.41) is 2.79. The maximum Gasteiger partial charge on any atom is 0.253 e. The molecule has 5 nitrogen and oxygen atoms in total. The lowest BCUT2D eigenvalue weighted by atomic mass is 10.2. The molecule has 1 rings (SSSR count). The van der Waals surface area contributed by atoms with E-state index in [1.54, 1.807) is 26.2 Å². The van der Waals surface area contributed by atoms with Crippen LogP contribution in [0.4, 0.5) is 11.4 Å². The van der Waals surface area contributed by atoms with E-state index in [1.165, 1.54) is 0 Å². The highest BCUT2D eigenvalue weighted by Gasteiger charge is 2.14. The van der Waals surface area contributed by atoms with Crippen molar-refractivity contribution in [1.29, 1.82) is 0 Å². The van der Waals surface area contributed by atoms with Gasteiger partial charge in [0.05, 0.1) is 13.2 Å². The Hall–Kier alpha value is -1.59. The molecule has 0 bridgehead atoms. The van der Waals surface area contributed by atoms with Crippen LogP contribution in [0.2, 0.25) is 0 Å². The smallest absolute Gasteiger partial charge is 0.253 e. The zero-order valence-electron chi connectivity index (χ0n) is 11.0. The largest absolute Gasteiger partial charge is 0.399 e. The number of anilines is 2. The van der Waals surface area contributed by atoms with E-state index in [2.05, 4.69) is 5.32 Å². The van der Waals surface area contributed by atoms with Crippen LogP contribution >= 0.6 is 0 Å². The van der Waals surface area contributed by atoms with Crippen molar-refractivity contribution in [3.63, 3.8) is 0 Å². The third kappa shape index (κ3) is 4.35. The zero-order chi connectivity index (χ0) is 13.5. The molecule has 0 aromatic heterocycles. The molecular weight excluding hydrogens is 232 g/mol. The second-order valence-electron chi connectivity index (χ2n) is 4.07. The molecule has 0 aliphatic carbocycles. The molecule has 0 saturated carbocycles. The Morgan fingerprint density at radius 3 is 2.83 bits per heavy atom. The lowest BCUT2D eigenvalue weighted by molar-refractivity contribution is -0.127. The van der Waals surface area contributed by atoms with E-state index in [4.69, 9.17) is 15.2 Å². The van der Waals surface area contributed by atoms with Crippen molar-refractivity contribution < 1.29 is 14.3 Å². The van der Waals surface area contributed by atoms with Crippen LogP contribution in [-0.2, 0) is 14.3 Å². The summed E-state index contributed by atoms with van der Waals surface area (Å²) in [6.07, 6.45) is -0.527. The summed E-state index contributed by atoms with van der Waals surface area (Å²) in [7, 11) is 1.59. The standard InChI is InChI=1S/C13H20N2O3/c1-9-4-5-11(14)8-12(9)15-13(16)10(2)18-7-6-17-3/h4-5,8,10H,6-7,14H2,1-3H3,(H,15,16). The van der Waals surface area contributed by atoms with Gasteiger partial charge in [0, 0.05) is 18.5 Å². The second-order valence-corrected chi connectivity index (χ2v) is 4.07. The Morgan fingerprint density at radius 2 is 2.17 bits per heavy atom. The number of nitrogen functional groups attached to an aromatic ring is 1. The maximum absolute atomic E-state index is 11.9. The number of benzene rings is 1. The number of nitrogens with one attached hydrogen (secondary N) is 1. The zero-order valence-corrected chi connectivity index (χ0v) is 11.0. The van der Waals surface area contributed by atoms with Crippen molar-refractivity contribution in [1.82, 2.24) is 0 Å². The number of hydrogen-bond acceptors (Lipinski definition) is 4. The molecule has 1 aromatic carbocycles. The molecule has 1 unspecified atom stereocenters. The molecule has 0 heterocycles. The van der Waals surface area contributed by atoms with E-state index in [9.17, 15) is 4.79 Å². The van der Waals surface area contributed by atoms with Crippen LogP contribution < -0.4 is 11.1 Å². The number of carbonyl (C=O) groups is 1. The molecule has 1 amide bonds. The molecule has 3 N–H and O–H groups in total. The van der Waals surface area contributed by atoms with Gasteiger partial charge in [-0.25, -0.2) is 0 Å². The fourth-order valence-corrected chi connectivity index (χ4v) is 1.39. The number of ether oxygens (including phenoxy) is 2. The van der Waals surface area contributed by atoms with Gasteiger partial charge < -0.3 is 20.5 Å². The first-order chi connectivity index (χ1) is 8.54. The third-order valence-electron chi connectivity index (χ3n) is 2.54. The highest BCUT2D eigenvalue weighted by molar-refractivity contribution is 5.95. The normalized spacial score (nSPS) is 12.2. The van der Waals surface area contributed by atoms with Gasteiger partial charge >= 0.3 is 0 Å². The Bertz CT molecular complexity index is 407.